The summed E-state index contributed by atoms with van der Waals surface area (Å²) in [5.74, 6) is 0.0537. The third-order valence-corrected chi connectivity index (χ3v) is 3.87. The lowest BCUT2D eigenvalue weighted by molar-refractivity contribution is 0.249. The number of carbonyl (C=O) groups is 1. The van der Waals surface area contributed by atoms with Crippen LogP contribution in [0.5, 0.6) is 0 Å². The van der Waals surface area contributed by atoms with Gasteiger partial charge in [0.05, 0.1) is 0 Å². The number of amides is 2. The number of primary amides is 1. The quantitative estimate of drug-likeness (QED) is 0.644. The molecule has 0 atom stereocenters. The molecule has 2 aromatic rings. The van der Waals surface area contributed by atoms with Crippen molar-refractivity contribution in [2.24, 2.45) is 10.8 Å². The van der Waals surface area contributed by atoms with Gasteiger partial charge in [-0.1, -0.05) is 48.5 Å². The lowest BCUT2D eigenvalue weighted by Crippen LogP contribution is -2.28. The Morgan fingerprint density at radius 2 is 1.62 bits per heavy atom. The monoisotopic (exact) mass is 279 g/mol. The smallest absolute Gasteiger partial charge is 0.332 e. The van der Waals surface area contributed by atoms with Crippen LogP contribution in [0.2, 0.25) is 0 Å². The van der Waals surface area contributed by atoms with Crippen molar-refractivity contribution in [2.45, 2.75) is 19.3 Å². The number of hydrogen-bond donors (Lipinski definition) is 2. The highest BCUT2D eigenvalue weighted by atomic mass is 16.2. The molecule has 106 valence electrons. The molecule has 1 aliphatic carbocycles. The van der Waals surface area contributed by atoms with Gasteiger partial charge in [0.2, 0.25) is 0 Å². The first-order valence-corrected chi connectivity index (χ1v) is 6.92. The molecule has 0 radical (unpaired) electrons. The van der Waals surface area contributed by atoms with E-state index in [0.29, 0.717) is 0 Å². The fourth-order valence-electron chi connectivity index (χ4n) is 2.98. The SMILES string of the molecule is C/C(=N/NC(N)=O)C1c2ccccc2Cc2ccccc21. The topological polar surface area (TPSA) is 67.5 Å². The molecule has 3 rings (SSSR count). The summed E-state index contributed by atoms with van der Waals surface area (Å²) in [6.45, 7) is 1.92. The van der Waals surface area contributed by atoms with Gasteiger partial charge in [0.15, 0.2) is 0 Å². The van der Waals surface area contributed by atoms with Crippen LogP contribution in [-0.2, 0) is 6.42 Å². The van der Waals surface area contributed by atoms with Gasteiger partial charge in [0, 0.05) is 11.6 Å². The average molecular weight is 279 g/mol. The highest BCUT2D eigenvalue weighted by molar-refractivity contribution is 5.93. The second-order valence-corrected chi connectivity index (χ2v) is 5.24. The van der Waals surface area contributed by atoms with Crippen LogP contribution in [0.1, 0.15) is 35.1 Å². The van der Waals surface area contributed by atoms with Crippen molar-refractivity contribution >= 4 is 11.7 Å². The highest BCUT2D eigenvalue weighted by Crippen LogP contribution is 2.37. The number of nitrogens with two attached hydrogens (primary N) is 1. The Morgan fingerprint density at radius 3 is 2.14 bits per heavy atom. The fourth-order valence-corrected chi connectivity index (χ4v) is 2.98. The summed E-state index contributed by atoms with van der Waals surface area (Å²) in [6, 6.07) is 16.1. The zero-order chi connectivity index (χ0) is 14.8. The van der Waals surface area contributed by atoms with E-state index in [-0.39, 0.29) is 5.92 Å². The van der Waals surface area contributed by atoms with E-state index in [4.69, 9.17) is 5.73 Å². The van der Waals surface area contributed by atoms with Crippen molar-refractivity contribution in [1.82, 2.24) is 5.43 Å². The van der Waals surface area contributed by atoms with Crippen LogP contribution < -0.4 is 11.2 Å². The molecule has 4 heteroatoms. The van der Waals surface area contributed by atoms with Crippen LogP contribution in [0, 0.1) is 0 Å². The number of hydrogen-bond acceptors (Lipinski definition) is 2. The van der Waals surface area contributed by atoms with E-state index in [9.17, 15) is 4.79 Å². The molecular formula is C17H17N3O. The van der Waals surface area contributed by atoms with Crippen LogP contribution in [0.25, 0.3) is 0 Å². The minimum atomic E-state index is -0.647. The molecule has 3 N–H and O–H groups in total. The zero-order valence-corrected chi connectivity index (χ0v) is 11.8. The van der Waals surface area contributed by atoms with Gasteiger partial charge >= 0.3 is 6.03 Å². The lowest BCUT2D eigenvalue weighted by atomic mass is 9.76. The minimum Gasteiger partial charge on any atom is -0.350 e. The summed E-state index contributed by atoms with van der Waals surface area (Å²) < 4.78 is 0. The number of hydrazone groups is 1. The number of nitrogens with one attached hydrogen (secondary N) is 1. The Labute approximate surface area is 123 Å². The summed E-state index contributed by atoms with van der Waals surface area (Å²) in [4.78, 5) is 10.9. The minimum absolute atomic E-state index is 0.0537. The van der Waals surface area contributed by atoms with E-state index >= 15 is 0 Å². The van der Waals surface area contributed by atoms with E-state index in [0.717, 1.165) is 12.1 Å². The molecule has 0 bridgehead atoms. The third-order valence-electron chi connectivity index (χ3n) is 3.87. The van der Waals surface area contributed by atoms with E-state index in [1.165, 1.54) is 22.3 Å². The molecule has 0 aromatic heterocycles. The maximum absolute atomic E-state index is 10.9. The number of benzene rings is 2. The van der Waals surface area contributed by atoms with Crippen LogP contribution in [0.4, 0.5) is 4.79 Å². The van der Waals surface area contributed by atoms with Gasteiger partial charge in [-0.3, -0.25) is 0 Å². The van der Waals surface area contributed by atoms with Crippen molar-refractivity contribution in [3.05, 3.63) is 70.8 Å². The van der Waals surface area contributed by atoms with E-state index in [1.54, 1.807) is 0 Å². The average Bonchev–Trinajstić information content (AvgIpc) is 2.50. The van der Waals surface area contributed by atoms with Crippen LogP contribution in [-0.4, -0.2) is 11.7 Å². The molecule has 0 aliphatic heterocycles. The first-order valence-electron chi connectivity index (χ1n) is 6.92. The van der Waals surface area contributed by atoms with Crippen LogP contribution >= 0.6 is 0 Å². The Hall–Kier alpha value is -2.62. The molecule has 0 saturated carbocycles. The standard InChI is InChI=1S/C17H17N3O/c1-11(19-20-17(18)21)16-14-8-4-2-6-12(14)10-13-7-3-5-9-15(13)16/h2-9,16H,10H2,1H3,(H3,18,20,21)/b19-11-. The van der Waals surface area contributed by atoms with Crippen molar-refractivity contribution in [3.63, 3.8) is 0 Å². The third kappa shape index (κ3) is 2.52. The Bertz CT molecular complexity index is 676. The van der Waals surface area contributed by atoms with Crippen molar-refractivity contribution < 1.29 is 4.79 Å². The van der Waals surface area contributed by atoms with Crippen LogP contribution in [0.3, 0.4) is 0 Å². The summed E-state index contributed by atoms with van der Waals surface area (Å²) in [6.07, 6.45) is 0.930. The molecule has 1 aliphatic rings. The van der Waals surface area contributed by atoms with Gasteiger partial charge < -0.3 is 5.73 Å². The van der Waals surface area contributed by atoms with Crippen LogP contribution in [0.15, 0.2) is 53.6 Å². The molecule has 4 nitrogen and oxygen atoms in total. The summed E-state index contributed by atoms with van der Waals surface area (Å²) >= 11 is 0. The largest absolute Gasteiger partial charge is 0.350 e. The normalized spacial score (nSPS) is 14.2. The molecule has 2 aromatic carbocycles. The van der Waals surface area contributed by atoms with Gasteiger partial charge in [-0.25, -0.2) is 10.2 Å². The zero-order valence-electron chi connectivity index (χ0n) is 11.8. The maximum Gasteiger partial charge on any atom is 0.332 e. The summed E-state index contributed by atoms with van der Waals surface area (Å²) in [5, 5.41) is 4.14. The molecule has 21 heavy (non-hydrogen) atoms. The van der Waals surface area contributed by atoms with Gasteiger partial charge in [-0.05, 0) is 35.6 Å². The Morgan fingerprint density at radius 1 is 1.10 bits per heavy atom. The van der Waals surface area contributed by atoms with E-state index in [1.807, 2.05) is 19.1 Å². The Balaban J connectivity index is 2.10. The predicted octanol–water partition coefficient (Wildman–Crippen LogP) is 2.77. The van der Waals surface area contributed by atoms with Crippen molar-refractivity contribution in [2.75, 3.05) is 0 Å². The molecule has 0 heterocycles. The summed E-state index contributed by atoms with van der Waals surface area (Å²) in [5.41, 5.74) is 13.3. The maximum atomic E-state index is 10.9. The molecule has 0 unspecified atom stereocenters. The van der Waals surface area contributed by atoms with Gasteiger partial charge in [-0.15, -0.1) is 0 Å². The number of urea groups is 1. The fraction of sp³-hybridized carbons (Fsp3) is 0.176. The number of fused-ring (bicyclic) bond motifs is 2. The van der Waals surface area contributed by atoms with Gasteiger partial charge in [0.25, 0.3) is 0 Å². The number of nitrogens with zero attached hydrogens (tertiary/aromatic N) is 1. The number of carbonyl (C=O) groups excluding carboxylic acids is 1. The second kappa shape index (κ2) is 5.40. The molecule has 0 spiro atoms. The molecular weight excluding hydrogens is 262 g/mol. The summed E-state index contributed by atoms with van der Waals surface area (Å²) in [7, 11) is 0. The predicted molar refractivity (Wildman–Crippen MR) is 83.4 cm³/mol. The van der Waals surface area contributed by atoms with Crippen molar-refractivity contribution in [1.29, 1.82) is 0 Å². The van der Waals surface area contributed by atoms with Crippen molar-refractivity contribution in [3.8, 4) is 0 Å². The van der Waals surface area contributed by atoms with Gasteiger partial charge in [-0.2, -0.15) is 5.10 Å². The molecule has 2 amide bonds. The highest BCUT2D eigenvalue weighted by Gasteiger charge is 2.27. The van der Waals surface area contributed by atoms with Gasteiger partial charge in [0.1, 0.15) is 0 Å². The molecule has 0 fully saturated rings. The second-order valence-electron chi connectivity index (χ2n) is 5.24. The first-order chi connectivity index (χ1) is 10.2. The Kier molecular flexibility index (Phi) is 3.44. The lowest BCUT2D eigenvalue weighted by Gasteiger charge is -2.28. The van der Waals surface area contributed by atoms with E-state index < -0.39 is 6.03 Å². The molecule has 0 saturated heterocycles. The number of rotatable bonds is 2. The first kappa shape index (κ1) is 13.4. The van der Waals surface area contributed by atoms with E-state index in [2.05, 4.69) is 46.9 Å².